The van der Waals surface area contributed by atoms with Gasteiger partial charge in [-0.25, -0.2) is 13.4 Å². The minimum absolute atomic E-state index is 0.157. The molecule has 0 spiro atoms. The second kappa shape index (κ2) is 5.18. The van der Waals surface area contributed by atoms with Gasteiger partial charge < -0.3 is 5.73 Å². The van der Waals surface area contributed by atoms with Crippen LogP contribution in [0.4, 0.5) is 10.8 Å². The van der Waals surface area contributed by atoms with Crippen LogP contribution in [0.2, 0.25) is 0 Å². The van der Waals surface area contributed by atoms with Gasteiger partial charge in [0.25, 0.3) is 10.0 Å². The van der Waals surface area contributed by atoms with E-state index in [1.807, 2.05) is 19.1 Å². The zero-order valence-electron chi connectivity index (χ0n) is 10.7. The average Bonchev–Trinajstić information content (AvgIpc) is 2.70. The fraction of sp³-hybridized carbons (Fsp3) is 0.250. The predicted molar refractivity (Wildman–Crippen MR) is 77.9 cm³/mol. The maximum Gasteiger partial charge on any atom is 0.273 e. The largest absolute Gasteiger partial charge is 0.375 e. The van der Waals surface area contributed by atoms with Crippen molar-refractivity contribution in [3.8, 4) is 0 Å². The van der Waals surface area contributed by atoms with Crippen molar-refractivity contribution >= 4 is 32.2 Å². The fourth-order valence-electron chi connectivity index (χ4n) is 1.66. The normalized spacial score (nSPS) is 11.5. The molecule has 0 aliphatic carbocycles. The number of nitrogens with one attached hydrogen (secondary N) is 1. The molecule has 0 aliphatic heterocycles. The molecule has 0 unspecified atom stereocenters. The number of aryl methyl sites for hydroxylation is 2. The van der Waals surface area contributed by atoms with Crippen LogP contribution in [-0.2, 0) is 16.4 Å². The monoisotopic (exact) mass is 297 g/mol. The molecule has 102 valence electrons. The van der Waals surface area contributed by atoms with Gasteiger partial charge in [0, 0.05) is 5.69 Å². The van der Waals surface area contributed by atoms with E-state index >= 15 is 0 Å². The summed E-state index contributed by atoms with van der Waals surface area (Å²) >= 11 is 0.964. The molecular formula is C12H15N3O2S2. The highest BCUT2D eigenvalue weighted by Crippen LogP contribution is 2.26. The molecule has 3 N–H and O–H groups in total. The number of thiazole rings is 1. The number of sulfonamides is 1. The van der Waals surface area contributed by atoms with Crippen molar-refractivity contribution in [2.75, 3.05) is 10.5 Å². The first-order valence-corrected chi connectivity index (χ1v) is 8.07. The van der Waals surface area contributed by atoms with Crippen molar-refractivity contribution in [3.63, 3.8) is 0 Å². The van der Waals surface area contributed by atoms with E-state index in [1.165, 1.54) is 0 Å². The van der Waals surface area contributed by atoms with Gasteiger partial charge in [0.15, 0.2) is 9.34 Å². The Bertz CT molecular complexity index is 676. The van der Waals surface area contributed by atoms with Crippen molar-refractivity contribution in [3.05, 3.63) is 35.5 Å². The van der Waals surface area contributed by atoms with Gasteiger partial charge in [-0.05, 0) is 31.0 Å². The van der Waals surface area contributed by atoms with E-state index < -0.39 is 10.0 Å². The molecular weight excluding hydrogens is 282 g/mol. The van der Waals surface area contributed by atoms with Gasteiger partial charge in [-0.1, -0.05) is 30.4 Å². The van der Waals surface area contributed by atoms with Gasteiger partial charge in [0.2, 0.25) is 0 Å². The predicted octanol–water partition coefficient (Wildman–Crippen LogP) is 2.40. The van der Waals surface area contributed by atoms with E-state index in [0.29, 0.717) is 11.4 Å². The molecule has 0 atom stereocenters. The number of benzene rings is 1. The summed E-state index contributed by atoms with van der Waals surface area (Å²) in [5.74, 6) is 0. The molecule has 0 radical (unpaired) electrons. The smallest absolute Gasteiger partial charge is 0.273 e. The summed E-state index contributed by atoms with van der Waals surface area (Å²) in [5, 5.41) is 0.249. The molecule has 19 heavy (non-hydrogen) atoms. The number of nitrogens with zero attached hydrogens (tertiary/aromatic N) is 1. The van der Waals surface area contributed by atoms with Crippen molar-refractivity contribution in [2.45, 2.75) is 24.5 Å². The lowest BCUT2D eigenvalue weighted by Gasteiger charge is -2.07. The Kier molecular flexibility index (Phi) is 3.77. The highest BCUT2D eigenvalue weighted by molar-refractivity contribution is 7.94. The molecule has 2 rings (SSSR count). The van der Waals surface area contributed by atoms with Crippen molar-refractivity contribution < 1.29 is 8.42 Å². The Hall–Kier alpha value is -1.60. The number of nitrogens with two attached hydrogens (primary N) is 1. The quantitative estimate of drug-likeness (QED) is 0.907. The lowest BCUT2D eigenvalue weighted by Crippen LogP contribution is -2.12. The maximum atomic E-state index is 12.2. The second-order valence-corrected chi connectivity index (χ2v) is 6.99. The molecule has 2 aromatic rings. The van der Waals surface area contributed by atoms with Crippen LogP contribution >= 0.6 is 11.3 Å². The Labute approximate surface area is 116 Å². The average molecular weight is 297 g/mol. The van der Waals surface area contributed by atoms with E-state index in [2.05, 4.69) is 9.71 Å². The summed E-state index contributed by atoms with van der Waals surface area (Å²) in [6, 6.07) is 7.28. The number of aromatic nitrogens is 1. The Balaban J connectivity index is 2.28. The molecule has 0 aliphatic rings. The minimum Gasteiger partial charge on any atom is -0.375 e. The van der Waals surface area contributed by atoms with E-state index in [9.17, 15) is 8.42 Å². The SMILES string of the molecule is CCc1ccc(NS(=O)(=O)c2sc(N)nc2C)cc1. The number of hydrogen-bond donors (Lipinski definition) is 2. The third-order valence-electron chi connectivity index (χ3n) is 2.63. The van der Waals surface area contributed by atoms with Crippen molar-refractivity contribution in [1.29, 1.82) is 0 Å². The molecule has 0 amide bonds. The Morgan fingerprint density at radius 1 is 1.32 bits per heavy atom. The summed E-state index contributed by atoms with van der Waals surface area (Å²) in [6.45, 7) is 3.67. The second-order valence-electron chi connectivity index (χ2n) is 4.08. The van der Waals surface area contributed by atoms with Crippen molar-refractivity contribution in [2.24, 2.45) is 0 Å². The van der Waals surface area contributed by atoms with Crippen LogP contribution in [-0.4, -0.2) is 13.4 Å². The summed E-state index contributed by atoms with van der Waals surface area (Å²) in [7, 11) is -3.62. The summed E-state index contributed by atoms with van der Waals surface area (Å²) < 4.78 is 27.1. The summed E-state index contributed by atoms with van der Waals surface area (Å²) in [4.78, 5) is 3.92. The van der Waals surface area contributed by atoms with E-state index in [1.54, 1.807) is 19.1 Å². The highest BCUT2D eigenvalue weighted by atomic mass is 32.2. The third kappa shape index (κ3) is 3.05. The molecule has 5 nitrogen and oxygen atoms in total. The zero-order chi connectivity index (χ0) is 14.0. The number of nitrogen functional groups attached to an aromatic ring is 1. The molecule has 1 aromatic carbocycles. The Morgan fingerprint density at radius 2 is 1.95 bits per heavy atom. The van der Waals surface area contributed by atoms with Gasteiger partial charge in [0.05, 0.1) is 5.69 Å². The Morgan fingerprint density at radius 3 is 2.42 bits per heavy atom. The molecule has 0 bridgehead atoms. The standard InChI is InChI=1S/C12H15N3O2S2/c1-3-9-4-6-10(7-5-9)15-19(16,17)11-8(2)14-12(13)18-11/h4-7,15H,3H2,1-2H3,(H2,13,14). The molecule has 0 saturated carbocycles. The van der Waals surface area contributed by atoms with Crippen LogP contribution in [0.3, 0.4) is 0 Å². The van der Waals surface area contributed by atoms with Crippen LogP contribution < -0.4 is 10.5 Å². The van der Waals surface area contributed by atoms with Crippen molar-refractivity contribution in [1.82, 2.24) is 4.98 Å². The van der Waals surface area contributed by atoms with E-state index in [0.717, 1.165) is 23.3 Å². The fourth-order valence-corrected chi connectivity index (χ4v) is 4.02. The molecule has 0 fully saturated rings. The summed E-state index contributed by atoms with van der Waals surface area (Å²) in [6.07, 6.45) is 0.914. The minimum atomic E-state index is -3.62. The van der Waals surface area contributed by atoms with Gasteiger partial charge in [-0.2, -0.15) is 0 Å². The van der Waals surface area contributed by atoms with Gasteiger partial charge >= 0.3 is 0 Å². The lowest BCUT2D eigenvalue weighted by atomic mass is 10.2. The number of anilines is 2. The first-order chi connectivity index (χ1) is 8.92. The van der Waals surface area contributed by atoms with Gasteiger partial charge in [-0.15, -0.1) is 0 Å². The van der Waals surface area contributed by atoms with Crippen LogP contribution in [0.25, 0.3) is 0 Å². The van der Waals surface area contributed by atoms with Crippen LogP contribution in [0.5, 0.6) is 0 Å². The maximum absolute atomic E-state index is 12.2. The van der Waals surface area contributed by atoms with Crippen LogP contribution in [0, 0.1) is 6.92 Å². The van der Waals surface area contributed by atoms with Gasteiger partial charge in [0.1, 0.15) is 0 Å². The number of hydrogen-bond acceptors (Lipinski definition) is 5. The molecule has 1 aromatic heterocycles. The highest BCUT2D eigenvalue weighted by Gasteiger charge is 2.21. The van der Waals surface area contributed by atoms with E-state index in [-0.39, 0.29) is 9.34 Å². The molecule has 0 saturated heterocycles. The first kappa shape index (κ1) is 13.8. The first-order valence-electron chi connectivity index (χ1n) is 5.77. The summed E-state index contributed by atoms with van der Waals surface area (Å²) in [5.41, 5.74) is 7.62. The van der Waals surface area contributed by atoms with Gasteiger partial charge in [-0.3, -0.25) is 4.72 Å². The number of rotatable bonds is 4. The van der Waals surface area contributed by atoms with Crippen LogP contribution in [0.1, 0.15) is 18.2 Å². The topological polar surface area (TPSA) is 85.1 Å². The lowest BCUT2D eigenvalue weighted by molar-refractivity contribution is 0.602. The zero-order valence-corrected chi connectivity index (χ0v) is 12.3. The molecule has 7 heteroatoms. The third-order valence-corrected chi connectivity index (χ3v) is 5.61. The molecule has 1 heterocycles. The van der Waals surface area contributed by atoms with E-state index in [4.69, 9.17) is 5.73 Å². The van der Waals surface area contributed by atoms with Crippen LogP contribution in [0.15, 0.2) is 28.5 Å².